The number of nitrogens with zero attached hydrogens (tertiary/aromatic N) is 4. The molecule has 1 aliphatic rings. The summed E-state index contributed by atoms with van der Waals surface area (Å²) in [5.74, 6) is 0. The molecule has 0 unspecified atom stereocenters. The smallest absolute Gasteiger partial charge is 0.0544 e. The fourth-order valence-electron chi connectivity index (χ4n) is 3.63. The van der Waals surface area contributed by atoms with E-state index in [9.17, 15) is 0 Å². The van der Waals surface area contributed by atoms with Gasteiger partial charge in [-0.15, -0.1) is 0 Å². The molecule has 0 atom stereocenters. The van der Waals surface area contributed by atoms with E-state index in [4.69, 9.17) is 4.74 Å². The second kappa shape index (κ2) is 9.68. The van der Waals surface area contributed by atoms with Crippen LogP contribution in [0, 0.1) is 0 Å². The fraction of sp³-hybridized carbons (Fsp3) is 0.600. The van der Waals surface area contributed by atoms with Crippen LogP contribution in [-0.4, -0.2) is 39.9 Å². The summed E-state index contributed by atoms with van der Waals surface area (Å²) in [5, 5.41) is 4.65. The van der Waals surface area contributed by atoms with Crippen molar-refractivity contribution in [1.82, 2.24) is 19.7 Å². The number of hydrogen-bond donors (Lipinski definition) is 0. The van der Waals surface area contributed by atoms with Crippen LogP contribution >= 0.6 is 0 Å². The number of pyridine rings is 1. The van der Waals surface area contributed by atoms with Crippen molar-refractivity contribution in [2.24, 2.45) is 0 Å². The van der Waals surface area contributed by atoms with Gasteiger partial charge in [-0.1, -0.05) is 25.3 Å². The Bertz CT molecular complexity index is 607. The highest BCUT2D eigenvalue weighted by molar-refractivity contribution is 5.07. The molecule has 0 aliphatic heterocycles. The molecular weight excluding hydrogens is 312 g/mol. The van der Waals surface area contributed by atoms with Crippen LogP contribution in [0.5, 0.6) is 0 Å². The summed E-state index contributed by atoms with van der Waals surface area (Å²) in [7, 11) is 1.76. The SMILES string of the molecule is COCCCN(Cc1cnn(C2CCCCC2)c1)Cc1ccccn1. The van der Waals surface area contributed by atoms with Gasteiger partial charge in [-0.05, 0) is 31.4 Å². The molecule has 25 heavy (non-hydrogen) atoms. The van der Waals surface area contributed by atoms with Crippen LogP contribution in [0.15, 0.2) is 36.8 Å². The van der Waals surface area contributed by atoms with Gasteiger partial charge >= 0.3 is 0 Å². The van der Waals surface area contributed by atoms with Crippen LogP contribution in [0.3, 0.4) is 0 Å². The lowest BCUT2D eigenvalue weighted by Crippen LogP contribution is -2.25. The maximum atomic E-state index is 5.22. The van der Waals surface area contributed by atoms with Crippen LogP contribution < -0.4 is 0 Å². The van der Waals surface area contributed by atoms with Crippen molar-refractivity contribution in [2.45, 2.75) is 57.7 Å². The number of methoxy groups -OCH3 is 1. The number of aromatic nitrogens is 3. The molecule has 1 aliphatic carbocycles. The lowest BCUT2D eigenvalue weighted by atomic mass is 9.96. The maximum absolute atomic E-state index is 5.22. The molecule has 1 saturated carbocycles. The summed E-state index contributed by atoms with van der Waals surface area (Å²) in [6.07, 6.45) is 13.8. The molecule has 2 aromatic rings. The lowest BCUT2D eigenvalue weighted by Gasteiger charge is -2.22. The fourth-order valence-corrected chi connectivity index (χ4v) is 3.63. The highest BCUT2D eigenvalue weighted by atomic mass is 16.5. The van der Waals surface area contributed by atoms with Crippen LogP contribution in [0.1, 0.15) is 55.8 Å². The molecule has 136 valence electrons. The standard InChI is InChI=1S/C20H30N4O/c1-25-13-7-12-23(17-19-8-5-6-11-21-19)15-18-14-22-24(16-18)20-9-3-2-4-10-20/h5-6,8,11,14,16,20H,2-4,7,9-10,12-13,15,17H2,1H3. The Morgan fingerprint density at radius 3 is 2.84 bits per heavy atom. The molecular formula is C20H30N4O. The molecule has 0 radical (unpaired) electrons. The van der Waals surface area contributed by atoms with Gasteiger partial charge in [0.1, 0.15) is 0 Å². The molecule has 1 fully saturated rings. The Hall–Kier alpha value is -1.72. The Morgan fingerprint density at radius 1 is 1.20 bits per heavy atom. The van der Waals surface area contributed by atoms with Gasteiger partial charge in [0.2, 0.25) is 0 Å². The van der Waals surface area contributed by atoms with E-state index in [2.05, 4.69) is 38.0 Å². The van der Waals surface area contributed by atoms with E-state index in [0.717, 1.165) is 38.4 Å². The zero-order chi connectivity index (χ0) is 17.3. The van der Waals surface area contributed by atoms with Crippen LogP contribution in [0.2, 0.25) is 0 Å². The lowest BCUT2D eigenvalue weighted by molar-refractivity contribution is 0.166. The van der Waals surface area contributed by atoms with E-state index >= 15 is 0 Å². The molecule has 0 spiro atoms. The minimum atomic E-state index is 0.597. The third kappa shape index (κ3) is 5.65. The van der Waals surface area contributed by atoms with Crippen LogP contribution in [0.4, 0.5) is 0 Å². The summed E-state index contributed by atoms with van der Waals surface area (Å²) in [4.78, 5) is 6.91. The molecule has 0 amide bonds. The highest BCUT2D eigenvalue weighted by Gasteiger charge is 2.17. The van der Waals surface area contributed by atoms with Crippen molar-refractivity contribution in [3.05, 3.63) is 48.0 Å². The Kier molecular flexibility index (Phi) is 7.00. The second-order valence-electron chi connectivity index (χ2n) is 7.00. The number of rotatable bonds is 9. The summed E-state index contributed by atoms with van der Waals surface area (Å²) in [6.45, 7) is 3.56. The van der Waals surface area contributed by atoms with Gasteiger partial charge in [-0.25, -0.2) is 0 Å². The first kappa shape index (κ1) is 18.1. The summed E-state index contributed by atoms with van der Waals surface area (Å²) in [6, 6.07) is 6.71. The molecule has 5 heteroatoms. The van der Waals surface area contributed by atoms with Crippen LogP contribution in [0.25, 0.3) is 0 Å². The van der Waals surface area contributed by atoms with E-state index in [-0.39, 0.29) is 0 Å². The third-order valence-electron chi connectivity index (χ3n) is 4.94. The molecule has 5 nitrogen and oxygen atoms in total. The predicted octanol–water partition coefficient (Wildman–Crippen LogP) is 3.82. The van der Waals surface area contributed by atoms with Gasteiger partial charge in [0, 0.05) is 51.3 Å². The predicted molar refractivity (Wildman–Crippen MR) is 99.2 cm³/mol. The minimum Gasteiger partial charge on any atom is -0.385 e. The van der Waals surface area contributed by atoms with Gasteiger partial charge in [0.05, 0.1) is 17.9 Å². The second-order valence-corrected chi connectivity index (χ2v) is 7.00. The van der Waals surface area contributed by atoms with Gasteiger partial charge in [0.25, 0.3) is 0 Å². The van der Waals surface area contributed by atoms with Crippen molar-refractivity contribution >= 4 is 0 Å². The van der Waals surface area contributed by atoms with E-state index in [0.29, 0.717) is 6.04 Å². The molecule has 0 aromatic carbocycles. The van der Waals surface area contributed by atoms with Gasteiger partial charge < -0.3 is 4.74 Å². The minimum absolute atomic E-state index is 0.597. The van der Waals surface area contributed by atoms with Crippen LogP contribution in [-0.2, 0) is 17.8 Å². The molecule has 3 rings (SSSR count). The molecule has 2 aromatic heterocycles. The third-order valence-corrected chi connectivity index (χ3v) is 4.94. The van der Waals surface area contributed by atoms with Crippen molar-refractivity contribution < 1.29 is 4.74 Å². The molecule has 0 saturated heterocycles. The quantitative estimate of drug-likeness (QED) is 0.650. The molecule has 2 heterocycles. The van der Waals surface area contributed by atoms with Gasteiger partial charge in [-0.2, -0.15) is 5.10 Å². The van der Waals surface area contributed by atoms with Gasteiger partial charge in [-0.3, -0.25) is 14.6 Å². The normalized spacial score (nSPS) is 15.8. The zero-order valence-corrected chi connectivity index (χ0v) is 15.3. The number of hydrogen-bond acceptors (Lipinski definition) is 4. The van der Waals surface area contributed by atoms with Gasteiger partial charge in [0.15, 0.2) is 0 Å². The van der Waals surface area contributed by atoms with Crippen molar-refractivity contribution in [3.63, 3.8) is 0 Å². The molecule has 0 bridgehead atoms. The first-order chi connectivity index (χ1) is 12.3. The summed E-state index contributed by atoms with van der Waals surface area (Å²) in [5.41, 5.74) is 2.40. The number of ether oxygens (including phenoxy) is 1. The maximum Gasteiger partial charge on any atom is 0.0544 e. The monoisotopic (exact) mass is 342 g/mol. The van der Waals surface area contributed by atoms with E-state index < -0.39 is 0 Å². The van der Waals surface area contributed by atoms with Crippen molar-refractivity contribution in [3.8, 4) is 0 Å². The van der Waals surface area contributed by atoms with Crippen molar-refractivity contribution in [2.75, 3.05) is 20.3 Å². The first-order valence-electron chi connectivity index (χ1n) is 9.49. The zero-order valence-electron chi connectivity index (χ0n) is 15.3. The highest BCUT2D eigenvalue weighted by Crippen LogP contribution is 2.27. The van der Waals surface area contributed by atoms with E-state index in [1.165, 1.54) is 37.7 Å². The summed E-state index contributed by atoms with van der Waals surface area (Å²) < 4.78 is 7.41. The largest absolute Gasteiger partial charge is 0.385 e. The Labute approximate surface area is 151 Å². The summed E-state index contributed by atoms with van der Waals surface area (Å²) >= 11 is 0. The first-order valence-corrected chi connectivity index (χ1v) is 9.49. The average molecular weight is 342 g/mol. The average Bonchev–Trinajstić information content (AvgIpc) is 3.12. The van der Waals surface area contributed by atoms with E-state index in [1.807, 2.05) is 18.5 Å². The Balaban J connectivity index is 1.61. The van der Waals surface area contributed by atoms with Crippen molar-refractivity contribution in [1.29, 1.82) is 0 Å². The Morgan fingerprint density at radius 2 is 2.08 bits per heavy atom. The van der Waals surface area contributed by atoms with E-state index in [1.54, 1.807) is 7.11 Å². The molecule has 0 N–H and O–H groups in total. The topological polar surface area (TPSA) is 43.2 Å².